The first-order valence-electron chi connectivity index (χ1n) is 4.47. The van der Waals surface area contributed by atoms with Gasteiger partial charge in [-0.15, -0.1) is 0 Å². The van der Waals surface area contributed by atoms with Crippen molar-refractivity contribution in [2.75, 3.05) is 6.61 Å². The van der Waals surface area contributed by atoms with E-state index >= 15 is 0 Å². The summed E-state index contributed by atoms with van der Waals surface area (Å²) in [4.78, 5) is 15.0. The van der Waals surface area contributed by atoms with Crippen LogP contribution in [0.25, 0.3) is 0 Å². The van der Waals surface area contributed by atoms with Gasteiger partial charge in [-0.3, -0.25) is 4.79 Å². The highest BCUT2D eigenvalue weighted by atomic mass is 16.5. The maximum atomic E-state index is 11.1. The van der Waals surface area contributed by atoms with E-state index in [0.29, 0.717) is 0 Å². The molecule has 78 valence electrons. The number of ether oxygens (including phenoxy) is 1. The Kier molecular flexibility index (Phi) is 3.63. The minimum absolute atomic E-state index is 0.112. The van der Waals surface area contributed by atoms with Crippen LogP contribution in [-0.2, 0) is 6.42 Å². The Hall–Kier alpha value is -2.09. The van der Waals surface area contributed by atoms with Gasteiger partial charge in [0.05, 0.1) is 0 Å². The van der Waals surface area contributed by atoms with Crippen molar-refractivity contribution < 1.29 is 9.53 Å². The molecule has 0 aromatic carbocycles. The summed E-state index contributed by atoms with van der Waals surface area (Å²) in [6.45, 7) is 1.79. The van der Waals surface area contributed by atoms with E-state index in [0.717, 1.165) is 12.0 Å². The number of aromatic nitrogens is 1. The number of pyridine rings is 1. The molecule has 0 saturated heterocycles. The summed E-state index contributed by atoms with van der Waals surface area (Å²) < 4.78 is 4.97. The summed E-state index contributed by atoms with van der Waals surface area (Å²) in [6, 6.07) is 3.42. The molecule has 1 rings (SSSR count). The molecule has 0 aliphatic rings. The van der Waals surface area contributed by atoms with Gasteiger partial charge in [-0.2, -0.15) is 5.26 Å². The molecule has 5 nitrogen and oxygen atoms in total. The maximum absolute atomic E-state index is 11.1. The predicted octanol–water partition coefficient (Wildman–Crippen LogP) is 0.645. The standard InChI is InChI=1S/C10H11N3O2/c1-2-7-5-8(9(12)14)10(13-6-7)15-4-3-11/h5-6H,2,4H2,1H3,(H2,12,14). The molecule has 0 aliphatic carbocycles. The minimum atomic E-state index is -0.606. The number of amides is 1. The highest BCUT2D eigenvalue weighted by molar-refractivity contribution is 5.95. The molecule has 0 aliphatic heterocycles. The number of carbonyl (C=O) groups excluding carboxylic acids is 1. The Labute approximate surface area is 87.5 Å². The van der Waals surface area contributed by atoms with Gasteiger partial charge >= 0.3 is 0 Å². The molecule has 5 heteroatoms. The van der Waals surface area contributed by atoms with Crippen molar-refractivity contribution >= 4 is 5.91 Å². The Balaban J connectivity index is 3.05. The Bertz CT molecular complexity index is 410. The van der Waals surface area contributed by atoms with Crippen LogP contribution < -0.4 is 10.5 Å². The molecule has 15 heavy (non-hydrogen) atoms. The van der Waals surface area contributed by atoms with E-state index in [1.807, 2.05) is 6.92 Å². The molecular weight excluding hydrogens is 194 g/mol. The molecule has 1 aromatic rings. The van der Waals surface area contributed by atoms with Crippen molar-refractivity contribution in [2.45, 2.75) is 13.3 Å². The van der Waals surface area contributed by atoms with Crippen molar-refractivity contribution in [1.82, 2.24) is 4.98 Å². The lowest BCUT2D eigenvalue weighted by Crippen LogP contribution is -2.14. The van der Waals surface area contributed by atoms with Crippen LogP contribution in [0.1, 0.15) is 22.8 Å². The van der Waals surface area contributed by atoms with Crippen molar-refractivity contribution in [3.8, 4) is 11.9 Å². The number of hydrogen-bond acceptors (Lipinski definition) is 4. The fraction of sp³-hybridized carbons (Fsp3) is 0.300. The van der Waals surface area contributed by atoms with Gasteiger partial charge in [0.1, 0.15) is 11.6 Å². The second-order valence-electron chi connectivity index (χ2n) is 2.86. The van der Waals surface area contributed by atoms with Gasteiger partial charge in [-0.1, -0.05) is 6.92 Å². The molecule has 1 heterocycles. The van der Waals surface area contributed by atoms with Gasteiger partial charge in [0, 0.05) is 6.20 Å². The fourth-order valence-corrected chi connectivity index (χ4v) is 1.08. The van der Waals surface area contributed by atoms with Crippen molar-refractivity contribution in [2.24, 2.45) is 5.73 Å². The zero-order valence-electron chi connectivity index (χ0n) is 8.36. The Morgan fingerprint density at radius 3 is 3.00 bits per heavy atom. The Morgan fingerprint density at radius 2 is 2.47 bits per heavy atom. The molecule has 1 amide bonds. The van der Waals surface area contributed by atoms with E-state index in [1.165, 1.54) is 0 Å². The van der Waals surface area contributed by atoms with Crippen LogP contribution in [0.2, 0.25) is 0 Å². The Morgan fingerprint density at radius 1 is 1.73 bits per heavy atom. The maximum Gasteiger partial charge on any atom is 0.254 e. The van der Waals surface area contributed by atoms with Crippen LogP contribution in [0.3, 0.4) is 0 Å². The number of aryl methyl sites for hydroxylation is 1. The van der Waals surface area contributed by atoms with Crippen molar-refractivity contribution in [1.29, 1.82) is 5.26 Å². The second-order valence-corrected chi connectivity index (χ2v) is 2.86. The van der Waals surface area contributed by atoms with E-state index in [4.69, 9.17) is 15.7 Å². The minimum Gasteiger partial charge on any atom is -0.462 e. The lowest BCUT2D eigenvalue weighted by Gasteiger charge is -2.06. The zero-order chi connectivity index (χ0) is 11.3. The van der Waals surface area contributed by atoms with E-state index < -0.39 is 5.91 Å². The van der Waals surface area contributed by atoms with Gasteiger partial charge in [-0.25, -0.2) is 4.98 Å². The zero-order valence-corrected chi connectivity index (χ0v) is 8.36. The van der Waals surface area contributed by atoms with Gasteiger partial charge in [-0.05, 0) is 18.1 Å². The first kappa shape index (κ1) is 11.0. The summed E-state index contributed by atoms with van der Waals surface area (Å²) in [7, 11) is 0. The number of rotatable bonds is 4. The SMILES string of the molecule is CCc1cnc(OCC#N)c(C(N)=O)c1. The number of nitrogens with two attached hydrogens (primary N) is 1. The number of primary amides is 1. The molecule has 0 atom stereocenters. The lowest BCUT2D eigenvalue weighted by atomic mass is 10.1. The molecule has 2 N–H and O–H groups in total. The fourth-order valence-electron chi connectivity index (χ4n) is 1.08. The van der Waals surface area contributed by atoms with Gasteiger partial charge in [0.25, 0.3) is 5.91 Å². The van der Waals surface area contributed by atoms with E-state index in [9.17, 15) is 4.79 Å². The molecule has 1 aromatic heterocycles. The molecule has 0 spiro atoms. The second kappa shape index (κ2) is 4.96. The van der Waals surface area contributed by atoms with Crippen LogP contribution in [0.5, 0.6) is 5.88 Å². The lowest BCUT2D eigenvalue weighted by molar-refractivity contribution is 0.0996. The molecule has 0 bridgehead atoms. The smallest absolute Gasteiger partial charge is 0.254 e. The first-order valence-corrected chi connectivity index (χ1v) is 4.47. The summed E-state index contributed by atoms with van der Waals surface area (Å²) in [5, 5.41) is 8.34. The number of hydrogen-bond donors (Lipinski definition) is 1. The third-order valence-electron chi connectivity index (χ3n) is 1.85. The average molecular weight is 205 g/mol. The number of carbonyl (C=O) groups is 1. The molecule has 0 radical (unpaired) electrons. The van der Waals surface area contributed by atoms with Gasteiger partial charge in [0.2, 0.25) is 5.88 Å². The van der Waals surface area contributed by atoms with E-state index in [2.05, 4.69) is 4.98 Å². The molecule has 0 saturated carbocycles. The van der Waals surface area contributed by atoms with Gasteiger partial charge < -0.3 is 10.5 Å². The topological polar surface area (TPSA) is 89.0 Å². The third-order valence-corrected chi connectivity index (χ3v) is 1.85. The van der Waals surface area contributed by atoms with Crippen molar-refractivity contribution in [3.63, 3.8) is 0 Å². The van der Waals surface area contributed by atoms with E-state index in [1.54, 1.807) is 18.3 Å². The summed E-state index contributed by atoms with van der Waals surface area (Å²) in [5.41, 5.74) is 6.28. The average Bonchev–Trinajstić information content (AvgIpc) is 2.26. The summed E-state index contributed by atoms with van der Waals surface area (Å²) in [5.74, 6) is -0.494. The molecule has 0 unspecified atom stereocenters. The van der Waals surface area contributed by atoms with E-state index in [-0.39, 0.29) is 18.1 Å². The molecular formula is C10H11N3O2. The summed E-state index contributed by atoms with van der Waals surface area (Å²) in [6.07, 6.45) is 2.35. The normalized spacial score (nSPS) is 9.33. The third kappa shape index (κ3) is 2.68. The van der Waals surface area contributed by atoms with Gasteiger partial charge in [0.15, 0.2) is 6.61 Å². The number of nitrogens with zero attached hydrogens (tertiary/aromatic N) is 2. The van der Waals surface area contributed by atoms with Crippen LogP contribution in [0, 0.1) is 11.3 Å². The van der Waals surface area contributed by atoms with Crippen LogP contribution in [-0.4, -0.2) is 17.5 Å². The molecule has 0 fully saturated rings. The van der Waals surface area contributed by atoms with Crippen LogP contribution in [0.15, 0.2) is 12.3 Å². The summed E-state index contributed by atoms with van der Waals surface area (Å²) >= 11 is 0. The number of nitriles is 1. The first-order chi connectivity index (χ1) is 7.19. The van der Waals surface area contributed by atoms with Crippen LogP contribution in [0.4, 0.5) is 0 Å². The highest BCUT2D eigenvalue weighted by Gasteiger charge is 2.11. The quantitative estimate of drug-likeness (QED) is 0.781. The van der Waals surface area contributed by atoms with Crippen LogP contribution >= 0.6 is 0 Å². The largest absolute Gasteiger partial charge is 0.462 e. The van der Waals surface area contributed by atoms with Crippen molar-refractivity contribution in [3.05, 3.63) is 23.4 Å². The predicted molar refractivity (Wildman–Crippen MR) is 53.2 cm³/mol. The highest BCUT2D eigenvalue weighted by Crippen LogP contribution is 2.16. The monoisotopic (exact) mass is 205 g/mol.